The Morgan fingerprint density at radius 2 is 1.38 bits per heavy atom. The summed E-state index contributed by atoms with van der Waals surface area (Å²) in [5.41, 5.74) is 0.752. The van der Waals surface area contributed by atoms with E-state index in [0.29, 0.717) is 36.4 Å². The molecule has 1 N–H and O–H groups in total. The van der Waals surface area contributed by atoms with E-state index in [-0.39, 0.29) is 30.6 Å². The highest BCUT2D eigenvalue weighted by Crippen LogP contribution is 2.27. The van der Waals surface area contributed by atoms with Crippen LogP contribution in [0, 0.1) is 0 Å². The molecule has 0 spiro atoms. The van der Waals surface area contributed by atoms with E-state index in [2.05, 4.69) is 12.2 Å². The average molecular weight is 554 g/mol. The molecule has 0 unspecified atom stereocenters. The molecule has 0 saturated heterocycles. The lowest BCUT2D eigenvalue weighted by molar-refractivity contribution is -0.143. The molecule has 2 rings (SSSR count). The van der Waals surface area contributed by atoms with Gasteiger partial charge in [-0.3, -0.25) is 4.79 Å². The van der Waals surface area contributed by atoms with Crippen molar-refractivity contribution in [3.8, 4) is 11.5 Å². The van der Waals surface area contributed by atoms with Crippen LogP contribution in [0.15, 0.2) is 60.4 Å². The van der Waals surface area contributed by atoms with E-state index < -0.39 is 11.9 Å². The molecule has 0 atom stereocenters. The van der Waals surface area contributed by atoms with Crippen molar-refractivity contribution in [2.45, 2.75) is 78.6 Å². The number of nitrogens with one attached hydrogen (secondary N) is 1. The number of benzene rings is 2. The predicted molar refractivity (Wildman–Crippen MR) is 156 cm³/mol. The number of anilines is 1. The van der Waals surface area contributed by atoms with E-state index in [4.69, 9.17) is 18.9 Å². The lowest BCUT2D eigenvalue weighted by Crippen LogP contribution is -2.17. The van der Waals surface area contributed by atoms with Crippen LogP contribution in [0.25, 0.3) is 0 Å². The second-order valence-corrected chi connectivity index (χ2v) is 9.36. The third kappa shape index (κ3) is 12.4. The molecular weight excluding hydrogens is 510 g/mol. The van der Waals surface area contributed by atoms with Crippen molar-refractivity contribution in [1.29, 1.82) is 0 Å². The molecule has 0 heterocycles. The molecule has 0 aliphatic heterocycles. The minimum absolute atomic E-state index is 0.167. The molecule has 218 valence electrons. The van der Waals surface area contributed by atoms with Crippen LogP contribution >= 0.6 is 0 Å². The number of carbonyl (C=O) groups is 3. The maximum atomic E-state index is 13.0. The lowest BCUT2D eigenvalue weighted by atomic mass is 10.1. The Bertz CT molecular complexity index is 1080. The topological polar surface area (TPSA) is 100 Å². The maximum absolute atomic E-state index is 13.0. The van der Waals surface area contributed by atoms with Gasteiger partial charge in [0.05, 0.1) is 31.6 Å². The summed E-state index contributed by atoms with van der Waals surface area (Å²) >= 11 is 0. The standard InChI is InChI=1S/C32H43NO7/c1-4-7-8-9-10-11-14-23-37-26-19-17-25(18-20-26)31(35)33-27-15-12-13-16-28(27)40-29(32(36)39-22-6-3)24-30(34)38-21-5-2/h12-13,15-20,24H,4-11,14,21-23H2,1-3H3,(H,33,35)/b29-24-. The van der Waals surface area contributed by atoms with Gasteiger partial charge in [-0.05, 0) is 55.7 Å². The Hall–Kier alpha value is -3.81. The van der Waals surface area contributed by atoms with Gasteiger partial charge in [-0.15, -0.1) is 0 Å². The summed E-state index contributed by atoms with van der Waals surface area (Å²) in [6, 6.07) is 13.5. The van der Waals surface area contributed by atoms with Gasteiger partial charge in [-0.1, -0.05) is 71.4 Å². The first kappa shape index (κ1) is 32.4. The molecule has 2 aromatic carbocycles. The fourth-order valence-corrected chi connectivity index (χ4v) is 3.67. The summed E-state index contributed by atoms with van der Waals surface area (Å²) in [6.07, 6.45) is 10.7. The normalized spacial score (nSPS) is 11.0. The zero-order valence-electron chi connectivity index (χ0n) is 24.0. The summed E-state index contributed by atoms with van der Waals surface area (Å²) < 4.78 is 21.8. The molecule has 0 bridgehead atoms. The summed E-state index contributed by atoms with van der Waals surface area (Å²) in [6.45, 7) is 6.96. The van der Waals surface area contributed by atoms with Crippen molar-refractivity contribution in [1.82, 2.24) is 0 Å². The first-order valence-corrected chi connectivity index (χ1v) is 14.3. The Balaban J connectivity index is 2.00. The molecule has 1 amide bonds. The molecular formula is C32H43NO7. The molecule has 40 heavy (non-hydrogen) atoms. The van der Waals surface area contributed by atoms with Crippen LogP contribution in [0.3, 0.4) is 0 Å². The SMILES string of the molecule is CCCCCCCCCOc1ccc(C(=O)Nc2ccccc2O/C(=C\C(=O)OCCC)C(=O)OCCC)cc1. The van der Waals surface area contributed by atoms with Gasteiger partial charge in [0, 0.05) is 5.56 Å². The number of esters is 2. The number of ether oxygens (including phenoxy) is 4. The van der Waals surface area contributed by atoms with E-state index in [0.717, 1.165) is 18.9 Å². The second kappa shape index (κ2) is 19.3. The minimum atomic E-state index is -0.802. The first-order chi connectivity index (χ1) is 19.5. The van der Waals surface area contributed by atoms with Gasteiger partial charge in [0.2, 0.25) is 5.76 Å². The van der Waals surface area contributed by atoms with Crippen LogP contribution in [-0.4, -0.2) is 37.7 Å². The van der Waals surface area contributed by atoms with Gasteiger partial charge < -0.3 is 24.3 Å². The third-order valence-electron chi connectivity index (χ3n) is 5.82. The number of amides is 1. The quantitative estimate of drug-likeness (QED) is 0.0847. The maximum Gasteiger partial charge on any atom is 0.374 e. The van der Waals surface area contributed by atoms with E-state index >= 15 is 0 Å². The molecule has 0 aromatic heterocycles. The number of hydrogen-bond acceptors (Lipinski definition) is 7. The average Bonchev–Trinajstić information content (AvgIpc) is 2.97. The second-order valence-electron chi connectivity index (χ2n) is 9.36. The van der Waals surface area contributed by atoms with Crippen LogP contribution in [0.4, 0.5) is 5.69 Å². The third-order valence-corrected chi connectivity index (χ3v) is 5.82. The molecule has 0 aliphatic carbocycles. The summed E-state index contributed by atoms with van der Waals surface area (Å²) in [4.78, 5) is 37.6. The van der Waals surface area contributed by atoms with Crippen molar-refractivity contribution in [2.75, 3.05) is 25.1 Å². The minimum Gasteiger partial charge on any atom is -0.494 e. The van der Waals surface area contributed by atoms with Crippen LogP contribution in [0.1, 0.15) is 88.9 Å². The van der Waals surface area contributed by atoms with Crippen LogP contribution in [-0.2, 0) is 19.1 Å². The molecule has 0 radical (unpaired) electrons. The fraction of sp³-hybridized carbons (Fsp3) is 0.469. The summed E-state index contributed by atoms with van der Waals surface area (Å²) in [7, 11) is 0. The molecule has 8 nitrogen and oxygen atoms in total. The Morgan fingerprint density at radius 3 is 2.08 bits per heavy atom. The first-order valence-electron chi connectivity index (χ1n) is 14.3. The van der Waals surface area contributed by atoms with Crippen LogP contribution in [0.2, 0.25) is 0 Å². The number of hydrogen-bond donors (Lipinski definition) is 1. The van der Waals surface area contributed by atoms with Crippen molar-refractivity contribution >= 4 is 23.5 Å². The van der Waals surface area contributed by atoms with Crippen LogP contribution in [0.5, 0.6) is 11.5 Å². The van der Waals surface area contributed by atoms with Crippen molar-refractivity contribution in [2.24, 2.45) is 0 Å². The van der Waals surface area contributed by atoms with E-state index in [1.165, 1.54) is 32.1 Å². The summed E-state index contributed by atoms with van der Waals surface area (Å²) in [5.74, 6) is -1.34. The Labute approximate surface area is 238 Å². The lowest BCUT2D eigenvalue weighted by Gasteiger charge is -2.14. The molecule has 0 aliphatic rings. The zero-order chi connectivity index (χ0) is 29.0. The van der Waals surface area contributed by atoms with E-state index in [9.17, 15) is 14.4 Å². The van der Waals surface area contributed by atoms with Gasteiger partial charge in [0.1, 0.15) is 5.75 Å². The smallest absolute Gasteiger partial charge is 0.374 e. The fourth-order valence-electron chi connectivity index (χ4n) is 3.67. The van der Waals surface area contributed by atoms with Gasteiger partial charge in [-0.25, -0.2) is 9.59 Å². The molecule has 0 fully saturated rings. The monoisotopic (exact) mass is 553 g/mol. The Kier molecular flexibility index (Phi) is 15.6. The van der Waals surface area contributed by atoms with E-state index in [1.54, 1.807) is 48.5 Å². The van der Waals surface area contributed by atoms with Gasteiger partial charge >= 0.3 is 11.9 Å². The molecule has 2 aromatic rings. The van der Waals surface area contributed by atoms with Gasteiger partial charge in [0.15, 0.2) is 5.75 Å². The largest absolute Gasteiger partial charge is 0.494 e. The number of carbonyl (C=O) groups excluding carboxylic acids is 3. The highest BCUT2D eigenvalue weighted by molar-refractivity contribution is 6.05. The number of para-hydroxylation sites is 2. The number of unbranched alkanes of at least 4 members (excludes halogenated alkanes) is 6. The van der Waals surface area contributed by atoms with Crippen LogP contribution < -0.4 is 14.8 Å². The molecule has 8 heteroatoms. The molecule has 0 saturated carbocycles. The zero-order valence-corrected chi connectivity index (χ0v) is 24.0. The summed E-state index contributed by atoms with van der Waals surface area (Å²) in [5, 5.41) is 2.80. The predicted octanol–water partition coefficient (Wildman–Crippen LogP) is 7.24. The van der Waals surface area contributed by atoms with Gasteiger partial charge in [0.25, 0.3) is 5.91 Å². The van der Waals surface area contributed by atoms with Crippen molar-refractivity contribution in [3.63, 3.8) is 0 Å². The highest BCUT2D eigenvalue weighted by Gasteiger charge is 2.19. The van der Waals surface area contributed by atoms with Crippen molar-refractivity contribution < 1.29 is 33.3 Å². The Morgan fingerprint density at radius 1 is 0.725 bits per heavy atom. The van der Waals surface area contributed by atoms with E-state index in [1.807, 2.05) is 13.8 Å². The van der Waals surface area contributed by atoms with Crippen molar-refractivity contribution in [3.05, 3.63) is 65.9 Å². The number of rotatable bonds is 19. The van der Waals surface area contributed by atoms with Gasteiger partial charge in [-0.2, -0.15) is 0 Å². The highest BCUT2D eigenvalue weighted by atomic mass is 16.6.